The van der Waals surface area contributed by atoms with Crippen LogP contribution in [0.4, 0.5) is 0 Å². The number of hydrogen-bond acceptors (Lipinski definition) is 3. The van der Waals surface area contributed by atoms with Gasteiger partial charge in [-0.15, -0.1) is 0 Å². The molecule has 1 atom stereocenters. The van der Waals surface area contributed by atoms with Gasteiger partial charge in [0.05, 0.1) is 13.2 Å². The Morgan fingerprint density at radius 1 is 1.26 bits per heavy atom. The van der Waals surface area contributed by atoms with E-state index < -0.39 is 0 Å². The van der Waals surface area contributed by atoms with Crippen LogP contribution in [0.25, 0.3) is 0 Å². The second-order valence-corrected chi connectivity index (χ2v) is 4.57. The zero-order chi connectivity index (χ0) is 13.7. The molecule has 0 radical (unpaired) electrons. The van der Waals surface area contributed by atoms with Crippen LogP contribution in [0.5, 0.6) is 5.75 Å². The van der Waals surface area contributed by atoms with E-state index in [2.05, 4.69) is 17.2 Å². The zero-order valence-corrected chi connectivity index (χ0v) is 11.8. The molecule has 0 saturated heterocycles. The highest BCUT2D eigenvalue weighted by molar-refractivity contribution is 6.30. The molecule has 1 heterocycles. The van der Waals surface area contributed by atoms with Crippen molar-refractivity contribution in [2.45, 2.75) is 13.0 Å². The van der Waals surface area contributed by atoms with Gasteiger partial charge in [0.15, 0.2) is 0 Å². The number of nitrogens with zero attached hydrogens (tertiary/aromatic N) is 1. The van der Waals surface area contributed by atoms with Crippen LogP contribution in [0, 0.1) is 0 Å². The molecule has 2 rings (SSSR count). The predicted molar refractivity (Wildman–Crippen MR) is 77.8 cm³/mol. The first kappa shape index (κ1) is 13.8. The molecule has 1 N–H and O–H groups in total. The third kappa shape index (κ3) is 3.25. The Balaban J connectivity index is 2.42. The molecular formula is C15H17ClN2O. The minimum Gasteiger partial charge on any atom is -0.495 e. The summed E-state index contributed by atoms with van der Waals surface area (Å²) in [5.74, 6) is 0.781. The zero-order valence-electron chi connectivity index (χ0n) is 11.1. The Bertz CT molecular complexity index is 528. The second kappa shape index (κ2) is 6.55. The van der Waals surface area contributed by atoms with Gasteiger partial charge in [-0.05, 0) is 36.4 Å². The van der Waals surface area contributed by atoms with Crippen molar-refractivity contribution >= 4 is 11.6 Å². The Kier molecular flexibility index (Phi) is 4.77. The summed E-state index contributed by atoms with van der Waals surface area (Å²) in [5.41, 5.74) is 2.00. The molecule has 0 aliphatic rings. The number of methoxy groups -OCH3 is 1. The van der Waals surface area contributed by atoms with Crippen LogP contribution in [0.1, 0.15) is 24.2 Å². The summed E-state index contributed by atoms with van der Waals surface area (Å²) in [7, 11) is 1.66. The van der Waals surface area contributed by atoms with Gasteiger partial charge in [0.2, 0.25) is 0 Å². The molecule has 1 aromatic heterocycles. The van der Waals surface area contributed by atoms with Gasteiger partial charge in [-0.1, -0.05) is 30.7 Å². The number of hydrogen-bond donors (Lipinski definition) is 1. The van der Waals surface area contributed by atoms with Gasteiger partial charge in [-0.3, -0.25) is 4.98 Å². The van der Waals surface area contributed by atoms with Crippen molar-refractivity contribution in [3.8, 4) is 5.75 Å². The monoisotopic (exact) mass is 276 g/mol. The lowest BCUT2D eigenvalue weighted by Crippen LogP contribution is -2.23. The second-order valence-electron chi connectivity index (χ2n) is 4.13. The van der Waals surface area contributed by atoms with Crippen LogP contribution >= 0.6 is 11.6 Å². The number of pyridine rings is 1. The van der Waals surface area contributed by atoms with Crippen LogP contribution in [0.15, 0.2) is 42.6 Å². The van der Waals surface area contributed by atoms with E-state index in [0.717, 1.165) is 28.6 Å². The first-order valence-electron chi connectivity index (χ1n) is 6.24. The number of aromatic nitrogens is 1. The van der Waals surface area contributed by atoms with Gasteiger partial charge in [-0.25, -0.2) is 0 Å². The quantitative estimate of drug-likeness (QED) is 0.908. The highest BCUT2D eigenvalue weighted by Crippen LogP contribution is 2.28. The molecule has 0 amide bonds. The summed E-state index contributed by atoms with van der Waals surface area (Å²) in [6.45, 7) is 2.91. The van der Waals surface area contributed by atoms with Gasteiger partial charge >= 0.3 is 0 Å². The van der Waals surface area contributed by atoms with Gasteiger partial charge < -0.3 is 10.1 Å². The summed E-state index contributed by atoms with van der Waals surface area (Å²) in [4.78, 5) is 4.45. The third-order valence-corrected chi connectivity index (χ3v) is 3.16. The summed E-state index contributed by atoms with van der Waals surface area (Å²) in [6, 6.07) is 11.6. The van der Waals surface area contributed by atoms with Crippen molar-refractivity contribution in [3.05, 3.63) is 58.9 Å². The van der Waals surface area contributed by atoms with Crippen LogP contribution in [-0.2, 0) is 0 Å². The molecule has 100 valence electrons. The highest BCUT2D eigenvalue weighted by atomic mass is 35.5. The molecule has 0 aliphatic carbocycles. The van der Waals surface area contributed by atoms with Crippen LogP contribution in [0.3, 0.4) is 0 Å². The topological polar surface area (TPSA) is 34.2 Å². The molecule has 0 aliphatic heterocycles. The van der Waals surface area contributed by atoms with E-state index in [0.29, 0.717) is 0 Å². The van der Waals surface area contributed by atoms with Gasteiger partial charge in [-0.2, -0.15) is 0 Å². The number of ether oxygens (including phenoxy) is 1. The average Bonchev–Trinajstić information content (AvgIpc) is 2.46. The van der Waals surface area contributed by atoms with Gasteiger partial charge in [0.25, 0.3) is 0 Å². The Labute approximate surface area is 118 Å². The third-order valence-electron chi connectivity index (χ3n) is 2.90. The normalized spacial score (nSPS) is 12.2. The van der Waals surface area contributed by atoms with Gasteiger partial charge in [0.1, 0.15) is 11.4 Å². The van der Waals surface area contributed by atoms with Crippen molar-refractivity contribution in [2.24, 2.45) is 0 Å². The van der Waals surface area contributed by atoms with Crippen LogP contribution in [-0.4, -0.2) is 18.6 Å². The van der Waals surface area contributed by atoms with E-state index in [1.165, 1.54) is 0 Å². The van der Waals surface area contributed by atoms with Gasteiger partial charge in [0, 0.05) is 11.2 Å². The maximum Gasteiger partial charge on any atom is 0.142 e. The van der Waals surface area contributed by atoms with Crippen LogP contribution in [0.2, 0.25) is 5.02 Å². The van der Waals surface area contributed by atoms with E-state index in [1.54, 1.807) is 13.3 Å². The standard InChI is InChI=1S/C15H17ClN2O/c1-3-17-14(11-6-8-12(16)9-7-11)15-13(19-2)5-4-10-18-15/h4-10,14,17H,3H2,1-2H3. The van der Waals surface area contributed by atoms with Crippen molar-refractivity contribution < 1.29 is 4.74 Å². The maximum atomic E-state index is 5.94. The Morgan fingerprint density at radius 3 is 2.63 bits per heavy atom. The SMILES string of the molecule is CCNC(c1ccc(Cl)cc1)c1ncccc1OC. The number of halogens is 1. The van der Waals surface area contributed by atoms with E-state index in [-0.39, 0.29) is 6.04 Å². The molecule has 0 fully saturated rings. The largest absolute Gasteiger partial charge is 0.495 e. The average molecular weight is 277 g/mol. The Morgan fingerprint density at radius 2 is 2.00 bits per heavy atom. The molecule has 2 aromatic rings. The highest BCUT2D eigenvalue weighted by Gasteiger charge is 2.18. The number of rotatable bonds is 5. The fourth-order valence-corrected chi connectivity index (χ4v) is 2.15. The summed E-state index contributed by atoms with van der Waals surface area (Å²) in [5, 5.41) is 4.15. The van der Waals surface area contributed by atoms with Crippen molar-refractivity contribution in [1.82, 2.24) is 10.3 Å². The Hall–Kier alpha value is -1.58. The smallest absolute Gasteiger partial charge is 0.142 e. The predicted octanol–water partition coefficient (Wildman–Crippen LogP) is 3.44. The van der Waals surface area contributed by atoms with Crippen LogP contribution < -0.4 is 10.1 Å². The van der Waals surface area contributed by atoms with Crippen molar-refractivity contribution in [3.63, 3.8) is 0 Å². The minimum atomic E-state index is -0.00147. The van der Waals surface area contributed by atoms with E-state index in [4.69, 9.17) is 16.3 Å². The molecule has 1 aromatic carbocycles. The molecule has 0 bridgehead atoms. The molecule has 0 spiro atoms. The lowest BCUT2D eigenvalue weighted by molar-refractivity contribution is 0.400. The fourth-order valence-electron chi connectivity index (χ4n) is 2.02. The lowest BCUT2D eigenvalue weighted by Gasteiger charge is -2.20. The summed E-state index contributed by atoms with van der Waals surface area (Å²) in [6.07, 6.45) is 1.78. The fraction of sp³-hybridized carbons (Fsp3) is 0.267. The number of benzene rings is 1. The molecular weight excluding hydrogens is 260 g/mol. The van der Waals surface area contributed by atoms with E-state index in [1.807, 2.05) is 36.4 Å². The molecule has 3 nitrogen and oxygen atoms in total. The van der Waals surface area contributed by atoms with Crippen molar-refractivity contribution in [2.75, 3.05) is 13.7 Å². The number of nitrogens with one attached hydrogen (secondary N) is 1. The maximum absolute atomic E-state index is 5.94. The molecule has 1 unspecified atom stereocenters. The summed E-state index contributed by atoms with van der Waals surface area (Å²) < 4.78 is 5.39. The first-order valence-corrected chi connectivity index (χ1v) is 6.61. The lowest BCUT2D eigenvalue weighted by atomic mass is 10.0. The summed E-state index contributed by atoms with van der Waals surface area (Å²) >= 11 is 5.94. The van der Waals surface area contributed by atoms with Crippen molar-refractivity contribution in [1.29, 1.82) is 0 Å². The molecule has 4 heteroatoms. The minimum absolute atomic E-state index is 0.00147. The van der Waals surface area contributed by atoms with E-state index >= 15 is 0 Å². The molecule has 19 heavy (non-hydrogen) atoms. The first-order chi connectivity index (χ1) is 9.26. The molecule has 0 saturated carbocycles. The van der Waals surface area contributed by atoms with E-state index in [9.17, 15) is 0 Å².